The zero-order valence-corrected chi connectivity index (χ0v) is 6.70. The summed E-state index contributed by atoms with van der Waals surface area (Å²) in [7, 11) is 1.68. The van der Waals surface area contributed by atoms with E-state index in [4.69, 9.17) is 9.47 Å². The Bertz CT molecular complexity index is 379. The van der Waals surface area contributed by atoms with E-state index in [9.17, 15) is 0 Å². The van der Waals surface area contributed by atoms with Gasteiger partial charge in [0.15, 0.2) is 6.10 Å². The van der Waals surface area contributed by atoms with Gasteiger partial charge in [-0.15, -0.1) is 0 Å². The van der Waals surface area contributed by atoms with E-state index in [0.29, 0.717) is 0 Å². The molecule has 0 unspecified atom stereocenters. The first kappa shape index (κ1) is 6.12. The fourth-order valence-corrected chi connectivity index (χ4v) is 1.63. The topological polar surface area (TPSA) is 21.8 Å². The molecule has 60 valence electrons. The van der Waals surface area contributed by atoms with Crippen LogP contribution in [0.25, 0.3) is 6.08 Å². The molecule has 12 heavy (non-hydrogen) atoms. The maximum Gasteiger partial charge on any atom is 0.181 e. The van der Waals surface area contributed by atoms with Gasteiger partial charge < -0.3 is 9.47 Å². The maximum absolute atomic E-state index is 5.27. The molecule has 0 radical (unpaired) electrons. The van der Waals surface area contributed by atoms with Gasteiger partial charge in [0.05, 0.1) is 7.11 Å². The molecule has 1 aromatic carbocycles. The molecule has 1 heterocycles. The number of rotatable bonds is 1. The number of methoxy groups -OCH3 is 1. The largest absolute Gasteiger partial charge is 0.497 e. The molecule has 1 fully saturated rings. The first-order chi connectivity index (χ1) is 5.88. The van der Waals surface area contributed by atoms with Crippen molar-refractivity contribution >= 4 is 6.08 Å². The van der Waals surface area contributed by atoms with Gasteiger partial charge in [0.2, 0.25) is 0 Å². The fourth-order valence-electron chi connectivity index (χ4n) is 1.63. The number of benzene rings is 1. The second-order valence-corrected chi connectivity index (χ2v) is 3.04. The zero-order chi connectivity index (χ0) is 8.13. The summed E-state index contributed by atoms with van der Waals surface area (Å²) in [6.07, 6.45) is 2.34. The summed E-state index contributed by atoms with van der Waals surface area (Å²) in [5.41, 5.74) is 2.51. The Morgan fingerprint density at radius 2 is 2.33 bits per heavy atom. The lowest BCUT2D eigenvalue weighted by Crippen LogP contribution is -1.86. The molecular weight excluding hydrogens is 152 g/mol. The van der Waals surface area contributed by atoms with Crippen LogP contribution in [0.2, 0.25) is 0 Å². The average molecular weight is 160 g/mol. The van der Waals surface area contributed by atoms with Crippen LogP contribution < -0.4 is 4.74 Å². The van der Waals surface area contributed by atoms with Crippen molar-refractivity contribution in [1.29, 1.82) is 0 Å². The van der Waals surface area contributed by atoms with Crippen molar-refractivity contribution in [3.05, 3.63) is 35.1 Å². The van der Waals surface area contributed by atoms with E-state index in [1.807, 2.05) is 12.1 Å². The van der Waals surface area contributed by atoms with Crippen molar-refractivity contribution in [3.8, 4) is 5.75 Å². The predicted octanol–water partition coefficient (Wildman–Crippen LogP) is 2.12. The third kappa shape index (κ3) is 0.644. The minimum atomic E-state index is 0.269. The van der Waals surface area contributed by atoms with Crippen LogP contribution in [0.3, 0.4) is 0 Å². The van der Waals surface area contributed by atoms with Crippen LogP contribution in [-0.4, -0.2) is 7.11 Å². The number of epoxide rings is 1. The van der Waals surface area contributed by atoms with Gasteiger partial charge in [0, 0.05) is 5.56 Å². The highest BCUT2D eigenvalue weighted by Gasteiger charge is 2.40. The van der Waals surface area contributed by atoms with Crippen molar-refractivity contribution in [2.45, 2.75) is 6.10 Å². The summed E-state index contributed by atoms with van der Waals surface area (Å²) in [6.45, 7) is 0. The molecule has 2 aliphatic rings. The number of hydrogen-bond acceptors (Lipinski definition) is 2. The minimum Gasteiger partial charge on any atom is -0.497 e. The number of hydrogen-bond donors (Lipinski definition) is 0. The molecule has 1 saturated heterocycles. The smallest absolute Gasteiger partial charge is 0.181 e. The Labute approximate surface area is 70.4 Å². The van der Waals surface area contributed by atoms with E-state index in [-0.39, 0.29) is 6.10 Å². The maximum atomic E-state index is 5.27. The highest BCUT2D eigenvalue weighted by molar-refractivity contribution is 5.69. The first-order valence-corrected chi connectivity index (χ1v) is 3.94. The van der Waals surface area contributed by atoms with Gasteiger partial charge in [-0.1, -0.05) is 6.07 Å². The van der Waals surface area contributed by atoms with Crippen molar-refractivity contribution in [3.63, 3.8) is 0 Å². The molecule has 1 aliphatic carbocycles. The normalized spacial score (nSPS) is 22.1. The summed E-state index contributed by atoms with van der Waals surface area (Å²) in [6, 6.07) is 6.07. The Morgan fingerprint density at radius 3 is 3.17 bits per heavy atom. The SMILES string of the molecule is COc1ccc2c(c1)C=C1O[C@H]12. The Kier molecular flexibility index (Phi) is 0.933. The fraction of sp³-hybridized carbons (Fsp3) is 0.200. The van der Waals surface area contributed by atoms with Crippen LogP contribution in [0.15, 0.2) is 24.0 Å². The standard InChI is InChI=1S/C10H8O2/c1-11-7-2-3-8-6(4-7)5-9-10(8)12-9/h2-5,10H,1H3/t10-/m0/s1. The van der Waals surface area contributed by atoms with Gasteiger partial charge >= 0.3 is 0 Å². The minimum absolute atomic E-state index is 0.269. The van der Waals surface area contributed by atoms with Crippen LogP contribution in [0.4, 0.5) is 0 Å². The molecule has 2 nitrogen and oxygen atoms in total. The van der Waals surface area contributed by atoms with Gasteiger partial charge in [0.25, 0.3) is 0 Å². The van der Waals surface area contributed by atoms with Crippen LogP contribution in [-0.2, 0) is 4.74 Å². The Morgan fingerprint density at radius 1 is 1.42 bits per heavy atom. The third-order valence-corrected chi connectivity index (χ3v) is 2.33. The lowest BCUT2D eigenvalue weighted by atomic mass is 10.1. The number of fused-ring (bicyclic) bond motifs is 3. The highest BCUT2D eigenvalue weighted by atomic mass is 16.6. The molecule has 0 aromatic heterocycles. The molecule has 0 N–H and O–H groups in total. The van der Waals surface area contributed by atoms with E-state index in [1.165, 1.54) is 11.1 Å². The molecule has 0 bridgehead atoms. The molecular formula is C10H8O2. The average Bonchev–Trinajstić information content (AvgIpc) is 2.78. The summed E-state index contributed by atoms with van der Waals surface area (Å²) >= 11 is 0. The van der Waals surface area contributed by atoms with Gasteiger partial charge in [-0.3, -0.25) is 0 Å². The van der Waals surface area contributed by atoms with E-state index in [1.54, 1.807) is 7.11 Å². The van der Waals surface area contributed by atoms with Crippen LogP contribution in [0.1, 0.15) is 17.2 Å². The second kappa shape index (κ2) is 1.83. The molecule has 3 rings (SSSR count). The molecule has 1 atom stereocenters. The van der Waals surface area contributed by atoms with Crippen molar-refractivity contribution in [2.75, 3.05) is 7.11 Å². The van der Waals surface area contributed by atoms with Gasteiger partial charge in [0.1, 0.15) is 11.5 Å². The molecule has 2 heteroatoms. The Balaban J connectivity index is 2.14. The monoisotopic (exact) mass is 160 g/mol. The van der Waals surface area contributed by atoms with Crippen molar-refractivity contribution < 1.29 is 9.47 Å². The lowest BCUT2D eigenvalue weighted by molar-refractivity contribution is 0.412. The van der Waals surface area contributed by atoms with E-state index >= 15 is 0 Å². The van der Waals surface area contributed by atoms with E-state index in [2.05, 4.69) is 12.1 Å². The molecule has 0 amide bonds. The van der Waals surface area contributed by atoms with Crippen LogP contribution in [0.5, 0.6) is 5.75 Å². The quantitative estimate of drug-likeness (QED) is 0.587. The second-order valence-electron chi connectivity index (χ2n) is 3.04. The predicted molar refractivity (Wildman–Crippen MR) is 44.8 cm³/mol. The van der Waals surface area contributed by atoms with Gasteiger partial charge in [-0.2, -0.15) is 0 Å². The summed E-state index contributed by atoms with van der Waals surface area (Å²) in [5.74, 6) is 2.00. The molecule has 0 saturated carbocycles. The molecule has 1 aromatic rings. The molecule has 0 spiro atoms. The third-order valence-electron chi connectivity index (χ3n) is 2.33. The van der Waals surface area contributed by atoms with Crippen molar-refractivity contribution in [1.82, 2.24) is 0 Å². The van der Waals surface area contributed by atoms with Crippen LogP contribution >= 0.6 is 0 Å². The van der Waals surface area contributed by atoms with Crippen molar-refractivity contribution in [2.24, 2.45) is 0 Å². The highest BCUT2D eigenvalue weighted by Crippen LogP contribution is 2.51. The van der Waals surface area contributed by atoms with Gasteiger partial charge in [-0.05, 0) is 23.8 Å². The van der Waals surface area contributed by atoms with Gasteiger partial charge in [-0.25, -0.2) is 0 Å². The van der Waals surface area contributed by atoms with E-state index in [0.717, 1.165) is 11.5 Å². The summed E-state index contributed by atoms with van der Waals surface area (Å²) < 4.78 is 10.4. The number of ether oxygens (including phenoxy) is 2. The van der Waals surface area contributed by atoms with E-state index < -0.39 is 0 Å². The lowest BCUT2D eigenvalue weighted by Gasteiger charge is -2.02. The first-order valence-electron chi connectivity index (χ1n) is 3.94. The summed E-state index contributed by atoms with van der Waals surface area (Å²) in [4.78, 5) is 0. The Hall–Kier alpha value is -1.44. The molecule has 1 aliphatic heterocycles. The summed E-state index contributed by atoms with van der Waals surface area (Å²) in [5, 5.41) is 0. The van der Waals surface area contributed by atoms with Crippen LogP contribution in [0, 0.1) is 0 Å². The zero-order valence-electron chi connectivity index (χ0n) is 6.70.